The van der Waals surface area contributed by atoms with Crippen LogP contribution in [-0.2, 0) is 13.6 Å². The van der Waals surface area contributed by atoms with Crippen LogP contribution >= 0.6 is 11.6 Å². The highest BCUT2D eigenvalue weighted by Gasteiger charge is 2.03. The number of rotatable bonds is 7. The first kappa shape index (κ1) is 13.5. The minimum atomic E-state index is 0.681. The van der Waals surface area contributed by atoms with E-state index in [0.717, 1.165) is 38.5 Å². The Bertz CT molecular complexity index is 307. The molecule has 0 aliphatic carbocycles. The first-order valence-corrected chi connectivity index (χ1v) is 6.16. The molecular weight excluding hydrogens is 224 g/mol. The van der Waals surface area contributed by atoms with E-state index in [9.17, 15) is 0 Å². The summed E-state index contributed by atoms with van der Waals surface area (Å²) in [6.45, 7) is 9.39. The fourth-order valence-corrected chi connectivity index (χ4v) is 1.71. The predicted octanol–water partition coefficient (Wildman–Crippen LogP) is 1.50. The highest BCUT2D eigenvalue weighted by Crippen LogP contribution is 2.08. The maximum absolute atomic E-state index is 5.90. The minimum absolute atomic E-state index is 0.681. The lowest BCUT2D eigenvalue weighted by atomic mass is 10.4. The van der Waals surface area contributed by atoms with Gasteiger partial charge in [0.05, 0.1) is 12.7 Å². The Morgan fingerprint density at radius 1 is 1.44 bits per heavy atom. The molecule has 1 aromatic rings. The summed E-state index contributed by atoms with van der Waals surface area (Å²) in [6, 6.07) is 0. The molecule has 0 radical (unpaired) electrons. The molecule has 92 valence electrons. The molecular formula is C11H21ClN4. The average molecular weight is 245 g/mol. The molecule has 0 aliphatic rings. The monoisotopic (exact) mass is 244 g/mol. The van der Waals surface area contributed by atoms with E-state index in [1.807, 2.05) is 11.6 Å². The molecule has 0 amide bonds. The quantitative estimate of drug-likeness (QED) is 0.738. The summed E-state index contributed by atoms with van der Waals surface area (Å²) in [7, 11) is 1.93. The number of nitrogens with zero attached hydrogens (tertiary/aromatic N) is 3. The van der Waals surface area contributed by atoms with Gasteiger partial charge >= 0.3 is 0 Å². The molecule has 0 atom stereocenters. The van der Waals surface area contributed by atoms with Crippen molar-refractivity contribution in [3.63, 3.8) is 0 Å². The van der Waals surface area contributed by atoms with Crippen molar-refractivity contribution in [3.05, 3.63) is 17.2 Å². The van der Waals surface area contributed by atoms with Gasteiger partial charge in [0, 0.05) is 20.1 Å². The van der Waals surface area contributed by atoms with E-state index >= 15 is 0 Å². The lowest BCUT2D eigenvalue weighted by Gasteiger charge is -2.17. The third-order valence-corrected chi connectivity index (χ3v) is 3.16. The molecule has 0 unspecified atom stereocenters. The SMILES string of the molecule is CCN(CC)CCNCc1ncc(Cl)n1C. The van der Waals surface area contributed by atoms with Crippen molar-refractivity contribution in [2.75, 3.05) is 26.2 Å². The summed E-state index contributed by atoms with van der Waals surface area (Å²) in [5.74, 6) is 0.976. The Balaban J connectivity index is 2.23. The summed E-state index contributed by atoms with van der Waals surface area (Å²) in [6.07, 6.45) is 1.68. The molecule has 1 rings (SSSR count). The zero-order valence-corrected chi connectivity index (χ0v) is 11.1. The van der Waals surface area contributed by atoms with Gasteiger partial charge in [0.15, 0.2) is 0 Å². The summed E-state index contributed by atoms with van der Waals surface area (Å²) in [5, 5.41) is 4.05. The number of imidazole rings is 1. The van der Waals surface area contributed by atoms with Crippen LogP contribution < -0.4 is 5.32 Å². The van der Waals surface area contributed by atoms with Crippen molar-refractivity contribution < 1.29 is 0 Å². The molecule has 0 saturated carbocycles. The van der Waals surface area contributed by atoms with E-state index in [4.69, 9.17) is 11.6 Å². The largest absolute Gasteiger partial charge is 0.321 e. The minimum Gasteiger partial charge on any atom is -0.321 e. The number of aromatic nitrogens is 2. The van der Waals surface area contributed by atoms with Gasteiger partial charge in [0.25, 0.3) is 0 Å². The fraction of sp³-hybridized carbons (Fsp3) is 0.727. The lowest BCUT2D eigenvalue weighted by Crippen LogP contribution is -2.32. The summed E-state index contributed by atoms with van der Waals surface area (Å²) < 4.78 is 1.89. The van der Waals surface area contributed by atoms with Crippen molar-refractivity contribution in [2.24, 2.45) is 7.05 Å². The predicted molar refractivity (Wildman–Crippen MR) is 67.7 cm³/mol. The molecule has 0 spiro atoms. The molecule has 0 aromatic carbocycles. The Morgan fingerprint density at radius 2 is 2.12 bits per heavy atom. The zero-order valence-electron chi connectivity index (χ0n) is 10.3. The molecule has 0 aliphatic heterocycles. The van der Waals surface area contributed by atoms with Gasteiger partial charge in [0.2, 0.25) is 0 Å². The van der Waals surface area contributed by atoms with E-state index in [1.165, 1.54) is 0 Å². The van der Waals surface area contributed by atoms with Crippen LogP contribution in [0.4, 0.5) is 0 Å². The number of hydrogen-bond acceptors (Lipinski definition) is 3. The third-order valence-electron chi connectivity index (χ3n) is 2.81. The van der Waals surface area contributed by atoms with Gasteiger partial charge in [-0.25, -0.2) is 4.98 Å². The average Bonchev–Trinajstić information content (AvgIpc) is 2.61. The molecule has 0 saturated heterocycles. The van der Waals surface area contributed by atoms with Crippen LogP contribution in [0.25, 0.3) is 0 Å². The van der Waals surface area contributed by atoms with Crippen LogP contribution in [0.3, 0.4) is 0 Å². The normalized spacial score (nSPS) is 11.3. The second-order valence-corrected chi connectivity index (χ2v) is 4.15. The van der Waals surface area contributed by atoms with E-state index in [1.54, 1.807) is 6.20 Å². The zero-order chi connectivity index (χ0) is 12.0. The summed E-state index contributed by atoms with van der Waals surface area (Å²) in [4.78, 5) is 6.61. The van der Waals surface area contributed by atoms with Gasteiger partial charge in [-0.15, -0.1) is 0 Å². The topological polar surface area (TPSA) is 33.1 Å². The molecule has 1 heterocycles. The van der Waals surface area contributed by atoms with Gasteiger partial charge in [-0.3, -0.25) is 0 Å². The number of halogens is 1. The van der Waals surface area contributed by atoms with E-state index < -0.39 is 0 Å². The second kappa shape index (κ2) is 6.89. The molecule has 5 heteroatoms. The third kappa shape index (κ3) is 3.77. The Hall–Kier alpha value is -0.580. The molecule has 4 nitrogen and oxygen atoms in total. The van der Waals surface area contributed by atoms with Gasteiger partial charge < -0.3 is 14.8 Å². The summed E-state index contributed by atoms with van der Waals surface area (Å²) in [5.41, 5.74) is 0. The van der Waals surface area contributed by atoms with Crippen LogP contribution in [0, 0.1) is 0 Å². The van der Waals surface area contributed by atoms with Crippen molar-refractivity contribution >= 4 is 11.6 Å². The Kier molecular flexibility index (Phi) is 5.80. The molecule has 1 N–H and O–H groups in total. The Labute approximate surface area is 103 Å². The maximum atomic E-state index is 5.90. The highest BCUT2D eigenvalue weighted by atomic mass is 35.5. The standard InChI is InChI=1S/C11H21ClN4/c1-4-16(5-2)7-6-13-9-11-14-8-10(12)15(11)3/h8,13H,4-7,9H2,1-3H3. The van der Waals surface area contributed by atoms with Gasteiger partial charge in [-0.1, -0.05) is 25.4 Å². The number of nitrogens with one attached hydrogen (secondary N) is 1. The van der Waals surface area contributed by atoms with Gasteiger partial charge in [0.1, 0.15) is 11.0 Å². The van der Waals surface area contributed by atoms with E-state index in [0.29, 0.717) is 5.15 Å². The van der Waals surface area contributed by atoms with E-state index in [2.05, 4.69) is 29.0 Å². The van der Waals surface area contributed by atoms with Crippen LogP contribution in [0.5, 0.6) is 0 Å². The highest BCUT2D eigenvalue weighted by molar-refractivity contribution is 6.29. The molecule has 0 bridgehead atoms. The van der Waals surface area contributed by atoms with Crippen LogP contribution in [-0.4, -0.2) is 40.6 Å². The van der Waals surface area contributed by atoms with Gasteiger partial charge in [-0.05, 0) is 13.1 Å². The van der Waals surface area contributed by atoms with Crippen LogP contribution in [0.2, 0.25) is 5.15 Å². The molecule has 1 aromatic heterocycles. The molecule has 0 fully saturated rings. The van der Waals surface area contributed by atoms with Crippen LogP contribution in [0.15, 0.2) is 6.20 Å². The second-order valence-electron chi connectivity index (χ2n) is 3.76. The first-order valence-electron chi connectivity index (χ1n) is 5.78. The van der Waals surface area contributed by atoms with E-state index in [-0.39, 0.29) is 0 Å². The maximum Gasteiger partial charge on any atom is 0.128 e. The lowest BCUT2D eigenvalue weighted by molar-refractivity contribution is 0.301. The van der Waals surface area contributed by atoms with Crippen LogP contribution in [0.1, 0.15) is 19.7 Å². The van der Waals surface area contributed by atoms with Gasteiger partial charge in [-0.2, -0.15) is 0 Å². The summed E-state index contributed by atoms with van der Waals surface area (Å²) >= 11 is 5.90. The smallest absolute Gasteiger partial charge is 0.128 e. The van der Waals surface area contributed by atoms with Crippen molar-refractivity contribution in [1.29, 1.82) is 0 Å². The van der Waals surface area contributed by atoms with Crippen molar-refractivity contribution in [1.82, 2.24) is 19.8 Å². The number of hydrogen-bond donors (Lipinski definition) is 1. The van der Waals surface area contributed by atoms with Crippen molar-refractivity contribution in [3.8, 4) is 0 Å². The fourth-order valence-electron chi connectivity index (χ4n) is 1.57. The molecule has 16 heavy (non-hydrogen) atoms. The van der Waals surface area contributed by atoms with Crippen molar-refractivity contribution in [2.45, 2.75) is 20.4 Å². The number of likely N-dealkylation sites (N-methyl/N-ethyl adjacent to an activating group) is 1. The Morgan fingerprint density at radius 3 is 2.62 bits per heavy atom. The first-order chi connectivity index (χ1) is 7.69.